The zero-order chi connectivity index (χ0) is 13.7. The van der Waals surface area contributed by atoms with E-state index in [0.717, 1.165) is 31.4 Å². The van der Waals surface area contributed by atoms with Crippen molar-refractivity contribution < 1.29 is 9.18 Å². The van der Waals surface area contributed by atoms with Crippen molar-refractivity contribution in [2.75, 3.05) is 13.1 Å². The lowest BCUT2D eigenvalue weighted by Gasteiger charge is -2.22. The van der Waals surface area contributed by atoms with Crippen molar-refractivity contribution in [1.29, 1.82) is 0 Å². The summed E-state index contributed by atoms with van der Waals surface area (Å²) in [5.74, 6) is -0.194. The summed E-state index contributed by atoms with van der Waals surface area (Å²) in [6, 6.07) is 4.88. The fraction of sp³-hybridized carbons (Fsp3) is 0.500. The van der Waals surface area contributed by atoms with Crippen LogP contribution >= 0.6 is 28.3 Å². The van der Waals surface area contributed by atoms with Crippen molar-refractivity contribution in [1.82, 2.24) is 10.6 Å². The molecule has 1 atom stereocenters. The molecule has 3 nitrogen and oxygen atoms in total. The molecule has 1 aromatic carbocycles. The normalized spacial score (nSPS) is 18.2. The van der Waals surface area contributed by atoms with Crippen LogP contribution in [0.25, 0.3) is 0 Å². The van der Waals surface area contributed by atoms with E-state index in [1.54, 1.807) is 12.1 Å². The average molecular weight is 366 g/mol. The number of nitrogens with one attached hydrogen (secondary N) is 2. The van der Waals surface area contributed by atoms with Gasteiger partial charge in [0.2, 0.25) is 5.91 Å². The summed E-state index contributed by atoms with van der Waals surface area (Å²) in [5, 5.41) is 6.14. The summed E-state index contributed by atoms with van der Waals surface area (Å²) < 4.78 is 13.5. The van der Waals surface area contributed by atoms with Crippen molar-refractivity contribution in [3.05, 3.63) is 34.1 Å². The van der Waals surface area contributed by atoms with Gasteiger partial charge in [-0.25, -0.2) is 4.39 Å². The minimum absolute atomic E-state index is 0. The smallest absolute Gasteiger partial charge is 0.237 e. The average Bonchev–Trinajstić information content (AvgIpc) is 2.43. The third-order valence-corrected chi connectivity index (χ3v) is 3.93. The highest BCUT2D eigenvalue weighted by Gasteiger charge is 2.19. The summed E-state index contributed by atoms with van der Waals surface area (Å²) in [5.41, 5.74) is 1.00. The summed E-state index contributed by atoms with van der Waals surface area (Å²) >= 11 is 3.16. The molecule has 6 heteroatoms. The summed E-state index contributed by atoms with van der Waals surface area (Å²) in [4.78, 5) is 11.9. The Labute approximate surface area is 133 Å². The number of hydrogen-bond donors (Lipinski definition) is 2. The number of carbonyl (C=O) groups excluding carboxylic acids is 1. The van der Waals surface area contributed by atoms with E-state index >= 15 is 0 Å². The lowest BCUT2D eigenvalue weighted by atomic mass is 10.0. The molecule has 1 fully saturated rings. The molecule has 0 radical (unpaired) electrons. The fourth-order valence-corrected chi connectivity index (χ4v) is 2.65. The standard InChI is InChI=1S/C14H18BrFN2O.ClH/c15-11-9-10(4-5-12(11)16)6-8-18-14(19)13-3-1-2-7-17-13;/h4-5,9,13,17H,1-3,6-8H2,(H,18,19);1H. The van der Waals surface area contributed by atoms with Gasteiger partial charge in [-0.2, -0.15) is 0 Å². The third-order valence-electron chi connectivity index (χ3n) is 3.32. The van der Waals surface area contributed by atoms with Gasteiger partial charge in [0.25, 0.3) is 0 Å². The molecule has 1 aliphatic rings. The van der Waals surface area contributed by atoms with Crippen LogP contribution in [-0.4, -0.2) is 25.0 Å². The number of hydrogen-bond acceptors (Lipinski definition) is 2. The van der Waals surface area contributed by atoms with Crippen molar-refractivity contribution in [3.63, 3.8) is 0 Å². The van der Waals surface area contributed by atoms with Crippen molar-refractivity contribution in [3.8, 4) is 0 Å². The van der Waals surface area contributed by atoms with Crippen LogP contribution in [0.3, 0.4) is 0 Å². The minimum Gasteiger partial charge on any atom is -0.354 e. The van der Waals surface area contributed by atoms with Crippen molar-refractivity contribution in [2.45, 2.75) is 31.7 Å². The first-order chi connectivity index (χ1) is 9.16. The summed E-state index contributed by atoms with van der Waals surface area (Å²) in [7, 11) is 0. The SMILES string of the molecule is Cl.O=C(NCCc1ccc(F)c(Br)c1)C1CCCCN1. The predicted octanol–water partition coefficient (Wildman–Crippen LogP) is 2.81. The summed E-state index contributed by atoms with van der Waals surface area (Å²) in [6.45, 7) is 1.50. The van der Waals surface area contributed by atoms with Gasteiger partial charge in [-0.05, 0) is 59.4 Å². The Morgan fingerprint density at radius 1 is 1.45 bits per heavy atom. The van der Waals surface area contributed by atoms with Gasteiger partial charge in [0.1, 0.15) is 5.82 Å². The highest BCUT2D eigenvalue weighted by Crippen LogP contribution is 2.17. The van der Waals surface area contributed by atoms with E-state index in [1.165, 1.54) is 6.07 Å². The molecule has 0 bridgehead atoms. The first kappa shape index (κ1) is 17.4. The van der Waals surface area contributed by atoms with Gasteiger partial charge in [0, 0.05) is 6.54 Å². The van der Waals surface area contributed by atoms with Crippen LogP contribution < -0.4 is 10.6 Å². The fourth-order valence-electron chi connectivity index (χ4n) is 2.22. The molecule has 0 aromatic heterocycles. The Morgan fingerprint density at radius 2 is 2.25 bits per heavy atom. The maximum absolute atomic E-state index is 13.1. The Morgan fingerprint density at radius 3 is 2.90 bits per heavy atom. The van der Waals surface area contributed by atoms with Crippen molar-refractivity contribution >= 4 is 34.2 Å². The second kappa shape index (κ2) is 8.60. The molecule has 0 saturated carbocycles. The second-order valence-corrected chi connectivity index (χ2v) is 5.65. The van der Waals surface area contributed by atoms with Gasteiger partial charge in [0.05, 0.1) is 10.5 Å². The molecule has 1 heterocycles. The Hall–Kier alpha value is -0.650. The van der Waals surface area contributed by atoms with E-state index in [0.29, 0.717) is 17.4 Å². The molecule has 0 aliphatic carbocycles. The zero-order valence-electron chi connectivity index (χ0n) is 11.1. The largest absolute Gasteiger partial charge is 0.354 e. The van der Waals surface area contributed by atoms with E-state index in [2.05, 4.69) is 26.6 Å². The van der Waals surface area contributed by atoms with Crippen LogP contribution in [0, 0.1) is 5.82 Å². The van der Waals surface area contributed by atoms with Crippen molar-refractivity contribution in [2.24, 2.45) is 0 Å². The number of carbonyl (C=O) groups is 1. The van der Waals surface area contributed by atoms with Gasteiger partial charge in [-0.1, -0.05) is 12.5 Å². The van der Waals surface area contributed by atoms with Crippen LogP contribution in [0.4, 0.5) is 4.39 Å². The van der Waals surface area contributed by atoms with Crippen LogP contribution in [-0.2, 0) is 11.2 Å². The monoisotopic (exact) mass is 364 g/mol. The Kier molecular flexibility index (Phi) is 7.48. The van der Waals surface area contributed by atoms with Gasteiger partial charge in [-0.3, -0.25) is 4.79 Å². The number of piperidine rings is 1. The van der Waals surface area contributed by atoms with E-state index in [1.807, 2.05) is 0 Å². The zero-order valence-corrected chi connectivity index (χ0v) is 13.5. The molecule has 112 valence electrons. The first-order valence-electron chi connectivity index (χ1n) is 6.62. The van der Waals surface area contributed by atoms with Gasteiger partial charge in [0.15, 0.2) is 0 Å². The quantitative estimate of drug-likeness (QED) is 0.861. The van der Waals surface area contributed by atoms with Crippen LogP contribution in [0.15, 0.2) is 22.7 Å². The topological polar surface area (TPSA) is 41.1 Å². The van der Waals surface area contributed by atoms with Crippen LogP contribution in [0.5, 0.6) is 0 Å². The minimum atomic E-state index is -0.265. The Bertz CT molecular complexity index is 453. The molecule has 20 heavy (non-hydrogen) atoms. The number of amides is 1. The second-order valence-electron chi connectivity index (χ2n) is 4.79. The van der Waals surface area contributed by atoms with E-state index < -0.39 is 0 Å². The first-order valence-corrected chi connectivity index (χ1v) is 7.41. The molecular formula is C14H19BrClFN2O. The van der Waals surface area contributed by atoms with E-state index in [9.17, 15) is 9.18 Å². The number of benzene rings is 1. The van der Waals surface area contributed by atoms with Crippen LogP contribution in [0.2, 0.25) is 0 Å². The predicted molar refractivity (Wildman–Crippen MR) is 83.7 cm³/mol. The molecule has 2 rings (SSSR count). The third kappa shape index (κ3) is 5.04. The number of halogens is 3. The van der Waals surface area contributed by atoms with E-state index in [4.69, 9.17) is 0 Å². The highest BCUT2D eigenvalue weighted by molar-refractivity contribution is 9.10. The maximum Gasteiger partial charge on any atom is 0.237 e. The molecule has 1 amide bonds. The van der Waals surface area contributed by atoms with E-state index in [-0.39, 0.29) is 30.2 Å². The molecule has 1 aliphatic heterocycles. The maximum atomic E-state index is 13.1. The van der Waals surface area contributed by atoms with Gasteiger partial charge >= 0.3 is 0 Å². The lowest BCUT2D eigenvalue weighted by Crippen LogP contribution is -2.47. The lowest BCUT2D eigenvalue weighted by molar-refractivity contribution is -0.123. The molecule has 2 N–H and O–H groups in total. The Balaban J connectivity index is 0.00000200. The molecule has 0 spiro atoms. The van der Waals surface area contributed by atoms with Crippen LogP contribution in [0.1, 0.15) is 24.8 Å². The van der Waals surface area contributed by atoms with Gasteiger partial charge in [-0.15, -0.1) is 12.4 Å². The summed E-state index contributed by atoms with van der Waals surface area (Å²) in [6.07, 6.45) is 3.87. The molecule has 1 aromatic rings. The molecule has 1 unspecified atom stereocenters. The number of rotatable bonds is 4. The molecule has 1 saturated heterocycles. The van der Waals surface area contributed by atoms with Gasteiger partial charge < -0.3 is 10.6 Å². The highest BCUT2D eigenvalue weighted by atomic mass is 79.9. The molecular weight excluding hydrogens is 347 g/mol.